The van der Waals surface area contributed by atoms with Crippen LogP contribution < -0.4 is 9.64 Å². The van der Waals surface area contributed by atoms with Crippen molar-refractivity contribution in [2.45, 2.75) is 30.9 Å². The smallest absolute Gasteiger partial charge is 0.258 e. The second-order valence-electron chi connectivity index (χ2n) is 8.80. The monoisotopic (exact) mass is 475 g/mol. The highest BCUT2D eigenvalue weighted by atomic mass is 32.2. The van der Waals surface area contributed by atoms with Crippen LogP contribution in [0, 0.1) is 5.92 Å². The van der Waals surface area contributed by atoms with Gasteiger partial charge in [-0.15, -0.1) is 0 Å². The second-order valence-corrected chi connectivity index (χ2v) is 10.8. The van der Waals surface area contributed by atoms with Gasteiger partial charge in [-0.1, -0.05) is 25.1 Å². The number of rotatable bonds is 7. The maximum Gasteiger partial charge on any atom is 0.258 e. The number of nitrogens with zero attached hydrogens (tertiary/aromatic N) is 3. The van der Waals surface area contributed by atoms with Crippen LogP contribution in [-0.4, -0.2) is 81.6 Å². The molecule has 3 atom stereocenters. The number of aliphatic hydroxyl groups excluding tert-OH is 1. The molecule has 0 unspecified atom stereocenters. The Labute approximate surface area is 196 Å². The molecule has 1 aliphatic heterocycles. The van der Waals surface area contributed by atoms with E-state index in [0.29, 0.717) is 17.9 Å². The number of hydrogen-bond acceptors (Lipinski definition) is 6. The Bertz CT molecular complexity index is 1070. The summed E-state index contributed by atoms with van der Waals surface area (Å²) >= 11 is 0. The van der Waals surface area contributed by atoms with E-state index in [1.807, 2.05) is 32.0 Å². The highest BCUT2D eigenvalue weighted by molar-refractivity contribution is 7.89. The Balaban J connectivity index is 1.98. The third-order valence-electron chi connectivity index (χ3n) is 6.05. The number of benzene rings is 2. The number of amides is 1. The summed E-state index contributed by atoms with van der Waals surface area (Å²) < 4.78 is 33.7. The zero-order valence-corrected chi connectivity index (χ0v) is 20.6. The van der Waals surface area contributed by atoms with Crippen molar-refractivity contribution < 1.29 is 23.1 Å². The summed E-state index contributed by atoms with van der Waals surface area (Å²) in [5.74, 6) is 0.00617. The molecule has 3 rings (SSSR count). The Morgan fingerprint density at radius 2 is 1.82 bits per heavy atom. The molecule has 33 heavy (non-hydrogen) atoms. The Morgan fingerprint density at radius 3 is 2.42 bits per heavy atom. The number of hydrogen-bond donors (Lipinski definition) is 1. The minimum atomic E-state index is -3.70. The molecule has 2 aromatic carbocycles. The van der Waals surface area contributed by atoms with Crippen molar-refractivity contribution in [1.29, 1.82) is 0 Å². The Hall–Kier alpha value is -2.62. The number of likely N-dealkylation sites (N-methyl/N-ethyl adjacent to an activating group) is 1. The number of aliphatic hydroxyl groups is 1. The van der Waals surface area contributed by atoms with Gasteiger partial charge in [-0.25, -0.2) is 8.42 Å². The van der Waals surface area contributed by atoms with Crippen LogP contribution in [-0.2, 0) is 10.0 Å². The molecule has 1 aliphatic rings. The van der Waals surface area contributed by atoms with Crippen molar-refractivity contribution in [3.8, 4) is 5.75 Å². The van der Waals surface area contributed by atoms with E-state index < -0.39 is 16.1 Å². The topological polar surface area (TPSA) is 90.4 Å². The molecule has 1 heterocycles. The molecule has 8 nitrogen and oxygen atoms in total. The van der Waals surface area contributed by atoms with E-state index in [9.17, 15) is 18.3 Å². The number of carbonyl (C=O) groups excluding carboxylic acids is 1. The molecule has 0 spiro atoms. The third-order valence-corrected chi connectivity index (χ3v) is 7.89. The van der Waals surface area contributed by atoms with Gasteiger partial charge in [0.1, 0.15) is 11.9 Å². The van der Waals surface area contributed by atoms with Crippen LogP contribution in [0.5, 0.6) is 5.75 Å². The van der Waals surface area contributed by atoms with Crippen LogP contribution in [0.1, 0.15) is 24.2 Å². The molecule has 2 aromatic rings. The van der Waals surface area contributed by atoms with Crippen LogP contribution >= 0.6 is 0 Å². The first kappa shape index (κ1) is 25.0. The molecule has 0 aromatic heterocycles. The molecule has 1 amide bonds. The normalized spacial score (nSPS) is 20.0. The van der Waals surface area contributed by atoms with Gasteiger partial charge in [0.2, 0.25) is 10.0 Å². The number of fused-ring (bicyclic) bond motifs is 1. The molecule has 0 aliphatic carbocycles. The first-order valence-corrected chi connectivity index (χ1v) is 12.4. The van der Waals surface area contributed by atoms with Gasteiger partial charge >= 0.3 is 0 Å². The lowest BCUT2D eigenvalue weighted by Gasteiger charge is -2.38. The van der Waals surface area contributed by atoms with Crippen molar-refractivity contribution >= 4 is 21.6 Å². The molecule has 0 radical (unpaired) electrons. The summed E-state index contributed by atoms with van der Waals surface area (Å²) in [4.78, 5) is 17.1. The van der Waals surface area contributed by atoms with Crippen LogP contribution in [0.4, 0.5) is 5.69 Å². The largest absolute Gasteiger partial charge is 0.488 e. The zero-order valence-electron chi connectivity index (χ0n) is 19.8. The average Bonchev–Trinajstić information content (AvgIpc) is 2.80. The lowest BCUT2D eigenvalue weighted by Crippen LogP contribution is -2.50. The molecule has 0 fully saturated rings. The van der Waals surface area contributed by atoms with Crippen molar-refractivity contribution in [3.05, 3.63) is 54.1 Å². The highest BCUT2D eigenvalue weighted by Gasteiger charge is 2.35. The summed E-state index contributed by atoms with van der Waals surface area (Å²) in [5, 5.41) is 9.77. The van der Waals surface area contributed by atoms with E-state index in [-0.39, 0.29) is 35.9 Å². The van der Waals surface area contributed by atoms with E-state index in [4.69, 9.17) is 4.74 Å². The maximum absolute atomic E-state index is 13.4. The van der Waals surface area contributed by atoms with Gasteiger partial charge in [0.05, 0.1) is 29.7 Å². The quantitative estimate of drug-likeness (QED) is 0.661. The summed E-state index contributed by atoms with van der Waals surface area (Å²) in [5.41, 5.74) is 1.24. The van der Waals surface area contributed by atoms with Crippen LogP contribution in [0.2, 0.25) is 0 Å². The number of sulfonamides is 1. The molecule has 0 bridgehead atoms. The SMILES string of the molecule is C[C@@H]1CN([C@H](C)CO)C(=O)c2cc(N(C)C)ccc2O[C@@H]1CN(C)S(=O)(=O)c1ccccc1. The van der Waals surface area contributed by atoms with E-state index in [1.54, 1.807) is 54.3 Å². The van der Waals surface area contributed by atoms with E-state index in [0.717, 1.165) is 5.69 Å². The molecule has 1 N–H and O–H groups in total. The van der Waals surface area contributed by atoms with Gasteiger partial charge in [0, 0.05) is 39.3 Å². The average molecular weight is 476 g/mol. The molecular formula is C24H33N3O5S. The maximum atomic E-state index is 13.4. The van der Waals surface area contributed by atoms with Crippen molar-refractivity contribution in [3.63, 3.8) is 0 Å². The van der Waals surface area contributed by atoms with Crippen molar-refractivity contribution in [2.24, 2.45) is 5.92 Å². The lowest BCUT2D eigenvalue weighted by molar-refractivity contribution is 0.0387. The summed E-state index contributed by atoms with van der Waals surface area (Å²) in [6.45, 7) is 3.99. The van der Waals surface area contributed by atoms with E-state index >= 15 is 0 Å². The third kappa shape index (κ3) is 5.31. The van der Waals surface area contributed by atoms with Gasteiger partial charge in [-0.2, -0.15) is 4.31 Å². The van der Waals surface area contributed by atoms with Gasteiger partial charge in [-0.3, -0.25) is 4.79 Å². The standard InChI is InChI=1S/C24H33N3O5S/c1-17-14-27(18(2)16-28)24(29)21-13-19(25(3)4)11-12-22(21)32-23(17)15-26(5)33(30,31)20-9-7-6-8-10-20/h6-13,17-18,23,28H,14-16H2,1-5H3/t17-,18-,23-/m1/s1. The van der Waals surface area contributed by atoms with Crippen molar-refractivity contribution in [2.75, 3.05) is 45.7 Å². The van der Waals surface area contributed by atoms with E-state index in [1.165, 1.54) is 11.4 Å². The summed E-state index contributed by atoms with van der Waals surface area (Å²) in [6, 6.07) is 13.3. The van der Waals surface area contributed by atoms with Crippen molar-refractivity contribution in [1.82, 2.24) is 9.21 Å². The fraction of sp³-hybridized carbons (Fsp3) is 0.458. The number of anilines is 1. The number of ether oxygens (including phenoxy) is 1. The van der Waals surface area contributed by atoms with Crippen LogP contribution in [0.15, 0.2) is 53.4 Å². The second kappa shape index (κ2) is 10.1. The van der Waals surface area contributed by atoms with Crippen LogP contribution in [0.25, 0.3) is 0 Å². The first-order chi connectivity index (χ1) is 15.6. The van der Waals surface area contributed by atoms with E-state index in [2.05, 4.69) is 0 Å². The van der Waals surface area contributed by atoms with Crippen LogP contribution in [0.3, 0.4) is 0 Å². The molecule has 180 valence electrons. The molecule has 0 saturated heterocycles. The highest BCUT2D eigenvalue weighted by Crippen LogP contribution is 2.31. The van der Waals surface area contributed by atoms with Gasteiger partial charge in [0.15, 0.2) is 0 Å². The Morgan fingerprint density at radius 1 is 1.15 bits per heavy atom. The fourth-order valence-electron chi connectivity index (χ4n) is 3.83. The summed E-state index contributed by atoms with van der Waals surface area (Å²) in [7, 11) is 1.61. The van der Waals surface area contributed by atoms with Gasteiger partial charge in [0.25, 0.3) is 5.91 Å². The minimum Gasteiger partial charge on any atom is -0.488 e. The van der Waals surface area contributed by atoms with Gasteiger partial charge < -0.3 is 19.6 Å². The zero-order chi connectivity index (χ0) is 24.3. The molecule has 9 heteroatoms. The minimum absolute atomic E-state index is 0.114. The molecule has 0 saturated carbocycles. The predicted octanol–water partition coefficient (Wildman–Crippen LogP) is 2.29. The summed E-state index contributed by atoms with van der Waals surface area (Å²) in [6.07, 6.45) is -0.501. The lowest BCUT2D eigenvalue weighted by atomic mass is 9.99. The number of carbonyl (C=O) groups is 1. The van der Waals surface area contributed by atoms with Gasteiger partial charge in [-0.05, 0) is 37.3 Å². The molecular weight excluding hydrogens is 442 g/mol. The first-order valence-electron chi connectivity index (χ1n) is 11.0. The fourth-order valence-corrected chi connectivity index (χ4v) is 5.03. The Kier molecular flexibility index (Phi) is 7.66. The predicted molar refractivity (Wildman–Crippen MR) is 128 cm³/mol.